The molecule has 1 N–H and O–H groups in total. The van der Waals surface area contributed by atoms with Crippen LogP contribution in [0.25, 0.3) is 10.9 Å². The fourth-order valence-corrected chi connectivity index (χ4v) is 3.45. The van der Waals surface area contributed by atoms with E-state index in [-0.39, 0.29) is 23.7 Å². The average Bonchev–Trinajstić information content (AvgIpc) is 3.05. The van der Waals surface area contributed by atoms with E-state index in [1.165, 1.54) is 0 Å². The molecule has 0 saturated carbocycles. The number of likely N-dealkylation sites (tertiary alicyclic amines) is 1. The van der Waals surface area contributed by atoms with Crippen LogP contribution < -0.4 is 0 Å². The highest BCUT2D eigenvalue weighted by atomic mass is 16.5. The smallest absolute Gasteiger partial charge is 0.309 e. The number of nitrogens with one attached hydrogen (secondary N) is 1. The first-order valence-corrected chi connectivity index (χ1v) is 8.62. The predicted octanol–water partition coefficient (Wildman–Crippen LogP) is 3.01. The van der Waals surface area contributed by atoms with Crippen molar-refractivity contribution in [1.82, 2.24) is 9.88 Å². The van der Waals surface area contributed by atoms with Crippen molar-refractivity contribution in [3.63, 3.8) is 0 Å². The van der Waals surface area contributed by atoms with Crippen LogP contribution in [0.5, 0.6) is 0 Å². The zero-order valence-corrected chi connectivity index (χ0v) is 14.2. The zero-order chi connectivity index (χ0) is 17.1. The third-order valence-corrected chi connectivity index (χ3v) is 4.93. The van der Waals surface area contributed by atoms with E-state index in [4.69, 9.17) is 4.74 Å². The molecule has 0 radical (unpaired) electrons. The maximum absolute atomic E-state index is 12.9. The topological polar surface area (TPSA) is 62.4 Å². The van der Waals surface area contributed by atoms with Crippen LogP contribution in [0.3, 0.4) is 0 Å². The van der Waals surface area contributed by atoms with Crippen LogP contribution in [0, 0.1) is 5.92 Å². The summed E-state index contributed by atoms with van der Waals surface area (Å²) in [6.07, 6.45) is 3.31. The fourth-order valence-electron chi connectivity index (χ4n) is 3.45. The van der Waals surface area contributed by atoms with E-state index in [1.807, 2.05) is 38.1 Å². The van der Waals surface area contributed by atoms with Gasteiger partial charge < -0.3 is 9.72 Å². The number of benzene rings is 1. The zero-order valence-electron chi connectivity index (χ0n) is 14.2. The standard InChI is InChI=1S/C19H24N2O3/c1-3-24-19(23)14-8-10-21(11-9-14)13(2)18(22)16-12-20-17-7-5-4-6-15(16)17/h4-7,12-14,20H,3,8-11H2,1-2H3/t13-/m1/s1. The van der Waals surface area contributed by atoms with Gasteiger partial charge in [-0.3, -0.25) is 14.5 Å². The van der Waals surface area contributed by atoms with E-state index in [0.29, 0.717) is 6.61 Å². The van der Waals surface area contributed by atoms with Gasteiger partial charge in [0, 0.05) is 22.7 Å². The Bertz CT molecular complexity index is 729. The molecule has 3 rings (SSSR count). The summed E-state index contributed by atoms with van der Waals surface area (Å²) in [4.78, 5) is 30.0. The normalized spacial score (nSPS) is 17.8. The second-order valence-corrected chi connectivity index (χ2v) is 6.35. The molecular weight excluding hydrogens is 304 g/mol. The molecule has 2 heterocycles. The molecule has 24 heavy (non-hydrogen) atoms. The van der Waals surface area contributed by atoms with Gasteiger partial charge >= 0.3 is 5.97 Å². The lowest BCUT2D eigenvalue weighted by atomic mass is 9.94. The number of piperidine rings is 1. The Morgan fingerprint density at radius 1 is 1.29 bits per heavy atom. The Hall–Kier alpha value is -2.14. The maximum Gasteiger partial charge on any atom is 0.309 e. The Morgan fingerprint density at radius 3 is 2.71 bits per heavy atom. The van der Waals surface area contributed by atoms with Gasteiger partial charge in [-0.1, -0.05) is 18.2 Å². The predicted molar refractivity (Wildman–Crippen MR) is 93.0 cm³/mol. The number of ether oxygens (including phenoxy) is 1. The third kappa shape index (κ3) is 3.22. The number of esters is 1. The van der Waals surface area contributed by atoms with E-state index >= 15 is 0 Å². The van der Waals surface area contributed by atoms with Crippen molar-refractivity contribution >= 4 is 22.7 Å². The molecule has 1 aromatic heterocycles. The first-order chi connectivity index (χ1) is 11.6. The molecule has 0 unspecified atom stereocenters. The van der Waals surface area contributed by atoms with Crippen molar-refractivity contribution < 1.29 is 14.3 Å². The lowest BCUT2D eigenvalue weighted by Crippen LogP contribution is -2.45. The molecule has 1 aliphatic rings. The Kier molecular flexibility index (Phi) is 5.00. The average molecular weight is 328 g/mol. The molecule has 5 nitrogen and oxygen atoms in total. The number of hydrogen-bond acceptors (Lipinski definition) is 4. The lowest BCUT2D eigenvalue weighted by molar-refractivity contribution is -0.149. The summed E-state index contributed by atoms with van der Waals surface area (Å²) >= 11 is 0. The quantitative estimate of drug-likeness (QED) is 0.677. The number of para-hydroxylation sites is 1. The van der Waals surface area contributed by atoms with Crippen LogP contribution in [-0.2, 0) is 9.53 Å². The number of fused-ring (bicyclic) bond motifs is 1. The molecule has 0 amide bonds. The van der Waals surface area contributed by atoms with Gasteiger partial charge in [0.05, 0.1) is 18.6 Å². The number of hydrogen-bond donors (Lipinski definition) is 1. The highest BCUT2D eigenvalue weighted by Gasteiger charge is 2.31. The van der Waals surface area contributed by atoms with Crippen LogP contribution in [0.4, 0.5) is 0 Å². The van der Waals surface area contributed by atoms with Crippen LogP contribution >= 0.6 is 0 Å². The second-order valence-electron chi connectivity index (χ2n) is 6.35. The van der Waals surface area contributed by atoms with E-state index in [9.17, 15) is 9.59 Å². The lowest BCUT2D eigenvalue weighted by Gasteiger charge is -2.34. The summed E-state index contributed by atoms with van der Waals surface area (Å²) in [5.74, 6) is -0.00798. The molecule has 1 aliphatic heterocycles. The molecule has 0 bridgehead atoms. The van der Waals surface area contributed by atoms with Gasteiger partial charge in [0.2, 0.25) is 0 Å². The largest absolute Gasteiger partial charge is 0.466 e. The molecule has 1 aromatic carbocycles. The van der Waals surface area contributed by atoms with Gasteiger partial charge in [-0.25, -0.2) is 0 Å². The number of nitrogens with zero attached hydrogens (tertiary/aromatic N) is 1. The summed E-state index contributed by atoms with van der Waals surface area (Å²) in [7, 11) is 0. The van der Waals surface area contributed by atoms with Crippen LogP contribution in [0.1, 0.15) is 37.0 Å². The highest BCUT2D eigenvalue weighted by molar-refractivity contribution is 6.10. The SMILES string of the molecule is CCOC(=O)C1CCN([C@H](C)C(=O)c2c[nH]c3ccccc23)CC1. The number of rotatable bonds is 5. The Balaban J connectivity index is 1.66. The van der Waals surface area contributed by atoms with Gasteiger partial charge in [-0.15, -0.1) is 0 Å². The minimum absolute atomic E-state index is 0.0309. The Labute approximate surface area is 142 Å². The van der Waals surface area contributed by atoms with E-state index in [0.717, 1.165) is 42.4 Å². The third-order valence-electron chi connectivity index (χ3n) is 4.93. The number of carbonyl (C=O) groups is 2. The van der Waals surface area contributed by atoms with Crippen molar-refractivity contribution in [3.8, 4) is 0 Å². The molecule has 1 saturated heterocycles. The highest BCUT2D eigenvalue weighted by Crippen LogP contribution is 2.24. The summed E-state index contributed by atoms with van der Waals surface area (Å²) in [6.45, 7) is 5.70. The van der Waals surface area contributed by atoms with E-state index in [2.05, 4.69) is 9.88 Å². The fraction of sp³-hybridized carbons (Fsp3) is 0.474. The number of aromatic amines is 1. The number of aromatic nitrogens is 1. The number of ketones is 1. The molecule has 0 spiro atoms. The summed E-state index contributed by atoms with van der Waals surface area (Å²) in [5, 5.41) is 0.968. The van der Waals surface area contributed by atoms with Gasteiger partial charge in [-0.05, 0) is 45.8 Å². The molecule has 0 aliphatic carbocycles. The minimum Gasteiger partial charge on any atom is -0.466 e. The molecule has 1 fully saturated rings. The van der Waals surface area contributed by atoms with Crippen molar-refractivity contribution in [2.24, 2.45) is 5.92 Å². The number of H-pyrrole nitrogens is 1. The summed E-state index contributed by atoms with van der Waals surface area (Å²) < 4.78 is 5.10. The first-order valence-electron chi connectivity index (χ1n) is 8.62. The molecule has 128 valence electrons. The Morgan fingerprint density at radius 2 is 2.00 bits per heavy atom. The van der Waals surface area contributed by atoms with Crippen LogP contribution in [-0.4, -0.2) is 47.4 Å². The van der Waals surface area contributed by atoms with Crippen molar-refractivity contribution in [1.29, 1.82) is 0 Å². The van der Waals surface area contributed by atoms with Gasteiger partial charge in [0.15, 0.2) is 5.78 Å². The number of carbonyl (C=O) groups excluding carboxylic acids is 2. The molecule has 5 heteroatoms. The minimum atomic E-state index is -0.188. The van der Waals surface area contributed by atoms with Crippen LogP contribution in [0.15, 0.2) is 30.5 Å². The van der Waals surface area contributed by atoms with Gasteiger partial charge in [0.1, 0.15) is 0 Å². The molecular formula is C19H24N2O3. The first kappa shape index (κ1) is 16.7. The van der Waals surface area contributed by atoms with E-state index in [1.54, 1.807) is 6.20 Å². The summed E-state index contributed by atoms with van der Waals surface area (Å²) in [5.41, 5.74) is 1.72. The van der Waals surface area contributed by atoms with Gasteiger partial charge in [-0.2, -0.15) is 0 Å². The van der Waals surface area contributed by atoms with Crippen molar-refractivity contribution in [3.05, 3.63) is 36.0 Å². The second kappa shape index (κ2) is 7.18. The maximum atomic E-state index is 12.9. The van der Waals surface area contributed by atoms with Gasteiger partial charge in [0.25, 0.3) is 0 Å². The van der Waals surface area contributed by atoms with E-state index < -0.39 is 0 Å². The van der Waals surface area contributed by atoms with Crippen molar-refractivity contribution in [2.75, 3.05) is 19.7 Å². The monoisotopic (exact) mass is 328 g/mol. The summed E-state index contributed by atoms with van der Waals surface area (Å²) in [6, 6.07) is 7.66. The van der Waals surface area contributed by atoms with Crippen molar-refractivity contribution in [2.45, 2.75) is 32.7 Å². The molecule has 2 aromatic rings. The molecule has 1 atom stereocenters. The number of Topliss-reactive ketones (excluding diaryl/α,β-unsaturated/α-hetero) is 1. The van der Waals surface area contributed by atoms with Crippen LogP contribution in [0.2, 0.25) is 0 Å².